The van der Waals surface area contributed by atoms with Crippen molar-refractivity contribution in [2.24, 2.45) is 0 Å². The zero-order valence-electron chi connectivity index (χ0n) is 13.0. The van der Waals surface area contributed by atoms with Crippen LogP contribution in [0.2, 0.25) is 0 Å². The minimum Gasteiger partial charge on any atom is -0.379 e. The van der Waals surface area contributed by atoms with E-state index in [-0.39, 0.29) is 11.4 Å². The third-order valence-electron chi connectivity index (χ3n) is 4.01. The highest BCUT2D eigenvalue weighted by Crippen LogP contribution is 2.17. The molecule has 2 aromatic heterocycles. The van der Waals surface area contributed by atoms with Gasteiger partial charge in [0, 0.05) is 17.4 Å². The van der Waals surface area contributed by atoms with E-state index in [0.717, 1.165) is 22.3 Å². The number of halogens is 1. The lowest BCUT2D eigenvalue weighted by Crippen LogP contribution is -2.16. The van der Waals surface area contributed by atoms with Crippen molar-refractivity contribution >= 4 is 22.5 Å². The highest BCUT2D eigenvalue weighted by molar-refractivity contribution is 5.79. The SMILES string of the molecule is Cc1cc(F)ccc1NCc1cc(=O)n2c(nc3ccccc32)[nH]1. The summed E-state index contributed by atoms with van der Waals surface area (Å²) in [5.74, 6) is 0.244. The third-order valence-corrected chi connectivity index (χ3v) is 4.01. The molecule has 4 aromatic rings. The van der Waals surface area contributed by atoms with Gasteiger partial charge in [-0.15, -0.1) is 0 Å². The van der Waals surface area contributed by atoms with Crippen LogP contribution in [0.5, 0.6) is 0 Å². The van der Waals surface area contributed by atoms with E-state index in [1.165, 1.54) is 12.1 Å². The number of nitrogens with zero attached hydrogens (tertiary/aromatic N) is 2. The second-order valence-corrected chi connectivity index (χ2v) is 5.71. The molecule has 24 heavy (non-hydrogen) atoms. The van der Waals surface area contributed by atoms with Crippen LogP contribution in [0.1, 0.15) is 11.3 Å². The van der Waals surface area contributed by atoms with Gasteiger partial charge < -0.3 is 10.3 Å². The first-order valence-electron chi connectivity index (χ1n) is 7.61. The molecule has 5 nitrogen and oxygen atoms in total. The lowest BCUT2D eigenvalue weighted by atomic mass is 10.2. The highest BCUT2D eigenvalue weighted by Gasteiger charge is 2.08. The largest absolute Gasteiger partial charge is 0.379 e. The van der Waals surface area contributed by atoms with Gasteiger partial charge in [0.05, 0.1) is 17.6 Å². The topological polar surface area (TPSA) is 62.2 Å². The molecular weight excluding hydrogens is 307 g/mol. The van der Waals surface area contributed by atoms with Gasteiger partial charge in [-0.3, -0.25) is 4.79 Å². The van der Waals surface area contributed by atoms with Gasteiger partial charge in [0.1, 0.15) is 5.82 Å². The number of anilines is 1. The van der Waals surface area contributed by atoms with Gasteiger partial charge in [0.25, 0.3) is 5.56 Å². The maximum absolute atomic E-state index is 13.2. The molecule has 2 aromatic carbocycles. The van der Waals surface area contributed by atoms with Crippen molar-refractivity contribution in [1.29, 1.82) is 0 Å². The second-order valence-electron chi connectivity index (χ2n) is 5.71. The average Bonchev–Trinajstić information content (AvgIpc) is 2.92. The van der Waals surface area contributed by atoms with Gasteiger partial charge in [-0.2, -0.15) is 0 Å². The van der Waals surface area contributed by atoms with Crippen molar-refractivity contribution in [2.75, 3.05) is 5.32 Å². The van der Waals surface area contributed by atoms with E-state index in [0.29, 0.717) is 18.0 Å². The Hall–Kier alpha value is -3.15. The minimum atomic E-state index is -0.267. The Morgan fingerprint density at radius 1 is 1.21 bits per heavy atom. The average molecular weight is 322 g/mol. The minimum absolute atomic E-state index is 0.134. The number of hydrogen-bond donors (Lipinski definition) is 2. The molecule has 6 heteroatoms. The Bertz CT molecular complexity index is 1110. The molecule has 0 amide bonds. The molecule has 0 aliphatic rings. The molecule has 2 N–H and O–H groups in total. The second kappa shape index (κ2) is 5.49. The number of rotatable bonds is 3. The number of H-pyrrole nitrogens is 1. The van der Waals surface area contributed by atoms with Crippen molar-refractivity contribution in [3.63, 3.8) is 0 Å². The zero-order chi connectivity index (χ0) is 16.7. The lowest BCUT2D eigenvalue weighted by Gasteiger charge is -2.09. The first-order valence-corrected chi connectivity index (χ1v) is 7.61. The zero-order valence-corrected chi connectivity index (χ0v) is 13.0. The van der Waals surface area contributed by atoms with E-state index in [4.69, 9.17) is 0 Å². The number of hydrogen-bond acceptors (Lipinski definition) is 3. The number of nitrogens with one attached hydrogen (secondary N) is 2. The molecule has 4 rings (SSSR count). The molecule has 0 spiro atoms. The van der Waals surface area contributed by atoms with E-state index >= 15 is 0 Å². The van der Waals surface area contributed by atoms with Crippen LogP contribution in [0, 0.1) is 12.7 Å². The number of aryl methyl sites for hydroxylation is 1. The predicted molar refractivity (Wildman–Crippen MR) is 91.8 cm³/mol. The van der Waals surface area contributed by atoms with Crippen LogP contribution >= 0.6 is 0 Å². The standard InChI is InChI=1S/C18H15FN4O/c1-11-8-12(19)6-7-14(11)20-10-13-9-17(24)23-16-5-3-2-4-15(16)22-18(23)21-13/h2-9,20H,10H2,1H3,(H,21,22). The van der Waals surface area contributed by atoms with Gasteiger partial charge in [0.2, 0.25) is 5.78 Å². The van der Waals surface area contributed by atoms with Crippen molar-refractivity contribution in [1.82, 2.24) is 14.4 Å². The summed E-state index contributed by atoms with van der Waals surface area (Å²) in [6.45, 7) is 2.25. The van der Waals surface area contributed by atoms with E-state index in [2.05, 4.69) is 15.3 Å². The summed E-state index contributed by atoms with van der Waals surface area (Å²) < 4.78 is 14.7. The van der Waals surface area contributed by atoms with Gasteiger partial charge in [-0.1, -0.05) is 12.1 Å². The van der Waals surface area contributed by atoms with Crippen LogP contribution in [0.15, 0.2) is 53.3 Å². The fraction of sp³-hybridized carbons (Fsp3) is 0.111. The van der Waals surface area contributed by atoms with Crippen molar-refractivity contribution < 1.29 is 4.39 Å². The fourth-order valence-electron chi connectivity index (χ4n) is 2.84. The maximum atomic E-state index is 13.2. The Morgan fingerprint density at radius 3 is 2.88 bits per heavy atom. The molecule has 0 saturated carbocycles. The van der Waals surface area contributed by atoms with Crippen LogP contribution in [0.25, 0.3) is 16.8 Å². The quantitative estimate of drug-likeness (QED) is 0.609. The van der Waals surface area contributed by atoms with E-state index in [1.807, 2.05) is 31.2 Å². The lowest BCUT2D eigenvalue weighted by molar-refractivity contribution is 0.627. The number of para-hydroxylation sites is 2. The Labute approximate surface area is 136 Å². The van der Waals surface area contributed by atoms with Crippen LogP contribution in [0.4, 0.5) is 10.1 Å². The first kappa shape index (κ1) is 14.4. The van der Waals surface area contributed by atoms with E-state index < -0.39 is 0 Å². The summed E-state index contributed by atoms with van der Waals surface area (Å²) in [5, 5.41) is 3.21. The summed E-state index contributed by atoms with van der Waals surface area (Å²) in [6.07, 6.45) is 0. The van der Waals surface area contributed by atoms with Gasteiger partial charge in [-0.05, 0) is 42.8 Å². The molecule has 0 unspecified atom stereocenters. The molecule has 0 saturated heterocycles. The number of benzene rings is 2. The Kier molecular flexibility index (Phi) is 3.30. The van der Waals surface area contributed by atoms with Crippen LogP contribution in [-0.2, 0) is 6.54 Å². The van der Waals surface area contributed by atoms with Crippen molar-refractivity contribution in [2.45, 2.75) is 13.5 Å². The third kappa shape index (κ3) is 2.42. The molecule has 0 aliphatic heterocycles. The Balaban J connectivity index is 1.70. The number of fused-ring (bicyclic) bond motifs is 3. The van der Waals surface area contributed by atoms with Gasteiger partial charge >= 0.3 is 0 Å². The van der Waals surface area contributed by atoms with E-state index in [1.54, 1.807) is 16.5 Å². The van der Waals surface area contributed by atoms with Crippen LogP contribution in [-0.4, -0.2) is 14.4 Å². The molecular formula is C18H15FN4O. The van der Waals surface area contributed by atoms with Crippen LogP contribution in [0.3, 0.4) is 0 Å². The summed E-state index contributed by atoms with van der Waals surface area (Å²) in [5.41, 5.74) is 3.76. The molecule has 120 valence electrons. The highest BCUT2D eigenvalue weighted by atomic mass is 19.1. The first-order chi connectivity index (χ1) is 11.6. The van der Waals surface area contributed by atoms with Gasteiger partial charge in [-0.25, -0.2) is 13.8 Å². The van der Waals surface area contributed by atoms with Crippen molar-refractivity contribution in [3.8, 4) is 0 Å². The smallest absolute Gasteiger partial charge is 0.259 e. The molecule has 0 bridgehead atoms. The number of aromatic amines is 1. The molecule has 0 radical (unpaired) electrons. The Morgan fingerprint density at radius 2 is 2.04 bits per heavy atom. The van der Waals surface area contributed by atoms with Crippen LogP contribution < -0.4 is 10.9 Å². The normalized spacial score (nSPS) is 11.2. The summed E-state index contributed by atoms with van der Waals surface area (Å²) in [6, 6.07) is 13.6. The predicted octanol–water partition coefficient (Wildman–Crippen LogP) is 3.24. The summed E-state index contributed by atoms with van der Waals surface area (Å²) in [4.78, 5) is 20.0. The molecule has 0 fully saturated rings. The van der Waals surface area contributed by atoms with E-state index in [9.17, 15) is 9.18 Å². The molecule has 0 aliphatic carbocycles. The molecule has 0 atom stereocenters. The maximum Gasteiger partial charge on any atom is 0.259 e. The van der Waals surface area contributed by atoms with Gasteiger partial charge in [0.15, 0.2) is 0 Å². The number of imidazole rings is 1. The summed E-state index contributed by atoms with van der Waals surface area (Å²) >= 11 is 0. The monoisotopic (exact) mass is 322 g/mol. The number of aromatic nitrogens is 3. The summed E-state index contributed by atoms with van der Waals surface area (Å²) in [7, 11) is 0. The molecule has 2 heterocycles. The fourth-order valence-corrected chi connectivity index (χ4v) is 2.84. The van der Waals surface area contributed by atoms with Crippen molar-refractivity contribution in [3.05, 3.63) is 76.0 Å².